The summed E-state index contributed by atoms with van der Waals surface area (Å²) >= 11 is 0. The van der Waals surface area contributed by atoms with Gasteiger partial charge in [0, 0.05) is 35.5 Å². The van der Waals surface area contributed by atoms with E-state index in [1.54, 1.807) is 0 Å². The number of hydrogen-bond donors (Lipinski definition) is 1. The monoisotopic (exact) mass is 217 g/mol. The van der Waals surface area contributed by atoms with E-state index in [0.29, 0.717) is 5.92 Å². The maximum atomic E-state index is 4.64. The van der Waals surface area contributed by atoms with Gasteiger partial charge in [0.15, 0.2) is 0 Å². The van der Waals surface area contributed by atoms with Gasteiger partial charge in [-0.25, -0.2) is 9.97 Å². The van der Waals surface area contributed by atoms with E-state index in [4.69, 9.17) is 0 Å². The average Bonchev–Trinajstić information content (AvgIpc) is 3.11. The summed E-state index contributed by atoms with van der Waals surface area (Å²) < 4.78 is 0. The molecule has 86 valence electrons. The zero-order valence-corrected chi connectivity index (χ0v) is 10.1. The summed E-state index contributed by atoms with van der Waals surface area (Å²) in [5.74, 6) is 1.73. The summed E-state index contributed by atoms with van der Waals surface area (Å²) in [6.45, 7) is 5.17. The number of rotatable bonds is 4. The fourth-order valence-corrected chi connectivity index (χ4v) is 2.08. The van der Waals surface area contributed by atoms with Crippen LogP contribution in [0.25, 0.3) is 0 Å². The Morgan fingerprint density at radius 2 is 1.69 bits per heavy atom. The Labute approximate surface area is 96.7 Å². The molecule has 0 amide bonds. The van der Waals surface area contributed by atoms with Crippen LogP contribution in [0.1, 0.15) is 54.4 Å². The van der Waals surface area contributed by atoms with Crippen LogP contribution in [0.15, 0.2) is 0 Å². The van der Waals surface area contributed by atoms with Gasteiger partial charge in [-0.3, -0.25) is 0 Å². The first-order valence-electron chi connectivity index (χ1n) is 6.31. The van der Waals surface area contributed by atoms with E-state index in [1.165, 1.54) is 42.6 Å². The Morgan fingerprint density at radius 1 is 1.06 bits per heavy atom. The largest absolute Gasteiger partial charge is 0.310 e. The van der Waals surface area contributed by atoms with Crippen molar-refractivity contribution < 1.29 is 0 Å². The molecule has 1 aromatic heterocycles. The Morgan fingerprint density at radius 3 is 2.19 bits per heavy atom. The van der Waals surface area contributed by atoms with Gasteiger partial charge < -0.3 is 5.32 Å². The van der Waals surface area contributed by atoms with Gasteiger partial charge in [-0.2, -0.15) is 0 Å². The lowest BCUT2D eigenvalue weighted by Crippen LogP contribution is -2.18. The molecule has 1 N–H and O–H groups in total. The van der Waals surface area contributed by atoms with Crippen molar-refractivity contribution in [3.8, 4) is 0 Å². The standard InChI is InChI=1S/C13H19N3/c1-8-12(7-14-11-5-6-11)9(2)16-13(15-8)10-3-4-10/h10-11,14H,3-7H2,1-2H3. The molecule has 0 saturated heterocycles. The van der Waals surface area contributed by atoms with Crippen molar-refractivity contribution in [3.05, 3.63) is 22.8 Å². The summed E-state index contributed by atoms with van der Waals surface area (Å²) in [5, 5.41) is 3.54. The van der Waals surface area contributed by atoms with Crippen molar-refractivity contribution in [2.75, 3.05) is 0 Å². The van der Waals surface area contributed by atoms with Crippen LogP contribution >= 0.6 is 0 Å². The minimum Gasteiger partial charge on any atom is -0.310 e. The van der Waals surface area contributed by atoms with Crippen molar-refractivity contribution in [1.82, 2.24) is 15.3 Å². The van der Waals surface area contributed by atoms with Gasteiger partial charge >= 0.3 is 0 Å². The summed E-state index contributed by atoms with van der Waals surface area (Å²) in [5.41, 5.74) is 3.64. The Balaban J connectivity index is 1.79. The van der Waals surface area contributed by atoms with E-state index < -0.39 is 0 Å². The molecule has 0 bridgehead atoms. The molecule has 0 radical (unpaired) electrons. The van der Waals surface area contributed by atoms with E-state index in [-0.39, 0.29) is 0 Å². The minimum absolute atomic E-state index is 0.655. The number of nitrogens with one attached hydrogen (secondary N) is 1. The highest BCUT2D eigenvalue weighted by Crippen LogP contribution is 2.38. The van der Waals surface area contributed by atoms with Crippen molar-refractivity contribution in [1.29, 1.82) is 0 Å². The van der Waals surface area contributed by atoms with Crippen LogP contribution in [-0.2, 0) is 6.54 Å². The third-order valence-electron chi connectivity index (χ3n) is 3.53. The molecule has 0 aliphatic heterocycles. The van der Waals surface area contributed by atoms with E-state index in [2.05, 4.69) is 29.1 Å². The Kier molecular flexibility index (Phi) is 2.43. The van der Waals surface area contributed by atoms with Gasteiger partial charge in [-0.05, 0) is 39.5 Å². The van der Waals surface area contributed by atoms with Crippen LogP contribution in [0.5, 0.6) is 0 Å². The summed E-state index contributed by atoms with van der Waals surface area (Å²) in [4.78, 5) is 9.29. The fraction of sp³-hybridized carbons (Fsp3) is 0.692. The van der Waals surface area contributed by atoms with E-state index in [9.17, 15) is 0 Å². The maximum absolute atomic E-state index is 4.64. The molecule has 0 spiro atoms. The summed E-state index contributed by atoms with van der Waals surface area (Å²) in [6.07, 6.45) is 5.22. The highest BCUT2D eigenvalue weighted by Gasteiger charge is 2.27. The molecule has 1 heterocycles. The quantitative estimate of drug-likeness (QED) is 0.840. The van der Waals surface area contributed by atoms with Crippen molar-refractivity contribution in [2.45, 2.75) is 58.0 Å². The van der Waals surface area contributed by atoms with Gasteiger partial charge in [-0.15, -0.1) is 0 Å². The second-order valence-electron chi connectivity index (χ2n) is 5.16. The van der Waals surface area contributed by atoms with Crippen molar-refractivity contribution in [2.24, 2.45) is 0 Å². The fourth-order valence-electron chi connectivity index (χ4n) is 2.08. The molecule has 0 aromatic carbocycles. The van der Waals surface area contributed by atoms with Crippen LogP contribution in [0.3, 0.4) is 0 Å². The Bertz CT molecular complexity index is 383. The van der Waals surface area contributed by atoms with Gasteiger partial charge in [-0.1, -0.05) is 0 Å². The predicted octanol–water partition coefficient (Wildman–Crippen LogP) is 2.22. The molecule has 3 heteroatoms. The number of nitrogens with zero attached hydrogens (tertiary/aromatic N) is 2. The molecule has 16 heavy (non-hydrogen) atoms. The summed E-state index contributed by atoms with van der Waals surface area (Å²) in [6, 6.07) is 0.752. The molecule has 0 unspecified atom stereocenters. The van der Waals surface area contributed by atoms with E-state index in [1.807, 2.05) is 0 Å². The summed E-state index contributed by atoms with van der Waals surface area (Å²) in [7, 11) is 0. The van der Waals surface area contributed by atoms with Crippen LogP contribution in [0, 0.1) is 13.8 Å². The minimum atomic E-state index is 0.655. The number of aromatic nitrogens is 2. The SMILES string of the molecule is Cc1nc(C2CC2)nc(C)c1CNC1CC1. The zero-order chi connectivity index (χ0) is 11.1. The first kappa shape index (κ1) is 10.2. The number of hydrogen-bond acceptors (Lipinski definition) is 3. The molecular weight excluding hydrogens is 198 g/mol. The van der Waals surface area contributed by atoms with E-state index in [0.717, 1.165) is 18.4 Å². The van der Waals surface area contributed by atoms with Crippen LogP contribution in [0.4, 0.5) is 0 Å². The number of aryl methyl sites for hydroxylation is 2. The third kappa shape index (κ3) is 2.09. The first-order valence-corrected chi connectivity index (χ1v) is 6.31. The third-order valence-corrected chi connectivity index (χ3v) is 3.53. The average molecular weight is 217 g/mol. The highest BCUT2D eigenvalue weighted by molar-refractivity contribution is 5.26. The molecule has 3 rings (SSSR count). The molecule has 2 fully saturated rings. The predicted molar refractivity (Wildman–Crippen MR) is 63.3 cm³/mol. The zero-order valence-electron chi connectivity index (χ0n) is 10.1. The van der Waals surface area contributed by atoms with Crippen molar-refractivity contribution in [3.63, 3.8) is 0 Å². The van der Waals surface area contributed by atoms with E-state index >= 15 is 0 Å². The second-order valence-corrected chi connectivity index (χ2v) is 5.16. The Hall–Kier alpha value is -0.960. The molecule has 0 atom stereocenters. The van der Waals surface area contributed by atoms with Gasteiger partial charge in [0.1, 0.15) is 5.82 Å². The molecular formula is C13H19N3. The van der Waals surface area contributed by atoms with Crippen molar-refractivity contribution >= 4 is 0 Å². The van der Waals surface area contributed by atoms with Gasteiger partial charge in [0.05, 0.1) is 0 Å². The van der Waals surface area contributed by atoms with Gasteiger partial charge in [0.25, 0.3) is 0 Å². The van der Waals surface area contributed by atoms with Crippen LogP contribution in [-0.4, -0.2) is 16.0 Å². The molecule has 3 nitrogen and oxygen atoms in total. The van der Waals surface area contributed by atoms with Crippen LogP contribution in [0.2, 0.25) is 0 Å². The van der Waals surface area contributed by atoms with Crippen LogP contribution < -0.4 is 5.32 Å². The smallest absolute Gasteiger partial charge is 0.131 e. The highest BCUT2D eigenvalue weighted by atomic mass is 15.0. The molecule has 2 aliphatic rings. The normalized spacial score (nSPS) is 20.1. The lowest BCUT2D eigenvalue weighted by Gasteiger charge is -2.11. The lowest BCUT2D eigenvalue weighted by atomic mass is 10.1. The second kappa shape index (κ2) is 3.81. The maximum Gasteiger partial charge on any atom is 0.131 e. The topological polar surface area (TPSA) is 37.8 Å². The first-order chi connectivity index (χ1) is 7.74. The lowest BCUT2D eigenvalue weighted by molar-refractivity contribution is 0.671. The van der Waals surface area contributed by atoms with Gasteiger partial charge in [0.2, 0.25) is 0 Å². The molecule has 2 saturated carbocycles. The molecule has 2 aliphatic carbocycles. The molecule has 1 aromatic rings.